The van der Waals surface area contributed by atoms with Crippen LogP contribution in [-0.4, -0.2) is 237 Å². The summed E-state index contributed by atoms with van der Waals surface area (Å²) in [5.74, 6) is -2.23. The maximum absolute atomic E-state index is 13.8. The summed E-state index contributed by atoms with van der Waals surface area (Å²) in [4.78, 5) is 136. The van der Waals surface area contributed by atoms with E-state index in [2.05, 4.69) is 44.1 Å². The molecule has 0 aromatic rings. The molecule has 5 amide bonds. The molecular formula is C63H95N7O26. The second-order valence-corrected chi connectivity index (χ2v) is 24.2. The summed E-state index contributed by atoms with van der Waals surface area (Å²) in [5.41, 5.74) is -1.67. The summed E-state index contributed by atoms with van der Waals surface area (Å²) in [6.45, 7) is 20.4. The fourth-order valence-electron chi connectivity index (χ4n) is 9.77. The lowest BCUT2D eigenvalue weighted by Gasteiger charge is -2.41. The van der Waals surface area contributed by atoms with E-state index in [4.69, 9.17) is 82.2 Å². The fourth-order valence-corrected chi connectivity index (χ4v) is 9.77. The van der Waals surface area contributed by atoms with E-state index in [1.54, 1.807) is 53.4 Å². The first-order chi connectivity index (χ1) is 45.5. The van der Waals surface area contributed by atoms with Crippen molar-refractivity contribution in [2.45, 2.75) is 180 Å². The van der Waals surface area contributed by atoms with Gasteiger partial charge in [0.2, 0.25) is 23.3 Å². The molecule has 0 aromatic carbocycles. The van der Waals surface area contributed by atoms with Gasteiger partial charge >= 0.3 is 48.5 Å². The molecule has 538 valence electrons. The maximum atomic E-state index is 13.8. The summed E-state index contributed by atoms with van der Waals surface area (Å²) in [6.07, 6.45) is -2.29. The van der Waals surface area contributed by atoms with Crippen LogP contribution in [0.25, 0.3) is 0 Å². The second-order valence-electron chi connectivity index (χ2n) is 24.2. The van der Waals surface area contributed by atoms with E-state index in [9.17, 15) is 47.9 Å². The summed E-state index contributed by atoms with van der Waals surface area (Å²) in [5, 5.41) is 13.3. The molecule has 33 heteroatoms. The topological polar surface area (TPSA) is 394 Å². The predicted octanol–water partition coefficient (Wildman–Crippen LogP) is 4.03. The summed E-state index contributed by atoms with van der Waals surface area (Å²) in [6, 6.07) is -3.18. The van der Waals surface area contributed by atoms with Gasteiger partial charge in [-0.2, -0.15) is 0 Å². The Bertz CT molecular complexity index is 2770. The van der Waals surface area contributed by atoms with Gasteiger partial charge in [0.1, 0.15) is 48.8 Å². The van der Waals surface area contributed by atoms with Crippen LogP contribution >= 0.6 is 0 Å². The van der Waals surface area contributed by atoms with Crippen LogP contribution in [0.5, 0.6) is 0 Å². The molecule has 33 nitrogen and oxygen atoms in total. The van der Waals surface area contributed by atoms with E-state index in [0.29, 0.717) is 78.0 Å². The molecule has 2 saturated heterocycles. The smallest absolute Gasteiger partial charge is 0.479 e. The highest BCUT2D eigenvalue weighted by Crippen LogP contribution is 2.34. The molecule has 0 aliphatic carbocycles. The lowest BCUT2D eigenvalue weighted by molar-refractivity contribution is -0.171. The maximum Gasteiger partial charge on any atom is 0.508 e. The van der Waals surface area contributed by atoms with E-state index in [1.807, 2.05) is 0 Å². The SMILES string of the molecule is C#CCOCCOCCOCCOCCC(=O)N(CCCCCNC(=O)O[C@@H]([C@@H]1OC(C(=O)OC)=C[C@H](NC(=C)NC(=O)OC(C)(C)C)[C@H]1NC(C)=O)[C@H]1COC(=O)O1)CCCCCC(=O)O[C@@H]([C@@H]1OC(C(=O)OC)=C[C@H](N=C(C)NC(=O)OC(C)(C)C)[C@H]1C)[C@H]1COC(=O)O1. The Kier molecular flexibility index (Phi) is 33.9. The number of nitrogens with zero attached hydrogens (tertiary/aromatic N) is 2. The monoisotopic (exact) mass is 1370 g/mol. The summed E-state index contributed by atoms with van der Waals surface area (Å²) < 4.78 is 87.3. The predicted molar refractivity (Wildman–Crippen MR) is 335 cm³/mol. The van der Waals surface area contributed by atoms with Gasteiger partial charge in [-0.05, 0) is 92.7 Å². The van der Waals surface area contributed by atoms with Crippen molar-refractivity contribution < 1.29 is 124 Å². The van der Waals surface area contributed by atoms with E-state index in [-0.39, 0.29) is 75.7 Å². The van der Waals surface area contributed by atoms with Gasteiger partial charge in [-0.1, -0.05) is 25.8 Å². The number of cyclic esters (lactones) is 4. The number of hydrogen-bond donors (Lipinski definition) is 5. The number of carbonyl (C=O) groups is 10. The molecule has 0 aromatic heterocycles. The zero-order valence-electron chi connectivity index (χ0n) is 56.6. The zero-order valence-corrected chi connectivity index (χ0v) is 56.6. The van der Waals surface area contributed by atoms with Crippen LogP contribution in [0.2, 0.25) is 0 Å². The van der Waals surface area contributed by atoms with Crippen molar-refractivity contribution in [1.82, 2.24) is 31.5 Å². The Balaban J connectivity index is 1.40. The molecule has 0 bridgehead atoms. The first-order valence-corrected chi connectivity index (χ1v) is 31.5. The van der Waals surface area contributed by atoms with Gasteiger partial charge in [0, 0.05) is 38.9 Å². The molecule has 0 unspecified atom stereocenters. The van der Waals surface area contributed by atoms with Crippen molar-refractivity contribution in [1.29, 1.82) is 0 Å². The Labute approximate surface area is 558 Å². The van der Waals surface area contributed by atoms with Crippen molar-refractivity contribution in [2.75, 3.05) is 99.9 Å². The van der Waals surface area contributed by atoms with Gasteiger partial charge in [-0.25, -0.2) is 33.6 Å². The van der Waals surface area contributed by atoms with Crippen molar-refractivity contribution >= 4 is 66.1 Å². The van der Waals surface area contributed by atoms with Crippen LogP contribution in [-0.2, 0) is 99.8 Å². The number of ether oxygens (including phenoxy) is 16. The van der Waals surface area contributed by atoms with Crippen molar-refractivity contribution in [2.24, 2.45) is 10.9 Å². The number of amidine groups is 1. The minimum atomic E-state index is -1.55. The quantitative estimate of drug-likeness (QED) is 0.0145. The van der Waals surface area contributed by atoms with Crippen LogP contribution in [0.15, 0.2) is 41.1 Å². The lowest BCUT2D eigenvalue weighted by Crippen LogP contribution is -2.64. The third-order valence-corrected chi connectivity index (χ3v) is 14.1. The molecule has 4 heterocycles. The molecule has 4 aliphatic rings. The number of hydrogen-bond acceptors (Lipinski definition) is 28. The Morgan fingerprint density at radius 2 is 1.18 bits per heavy atom. The molecule has 10 atom stereocenters. The normalized spacial score (nSPS) is 21.3. The van der Waals surface area contributed by atoms with Crippen molar-refractivity contribution in [3.8, 4) is 12.3 Å². The molecule has 96 heavy (non-hydrogen) atoms. The molecule has 5 N–H and O–H groups in total. The Hall–Kier alpha value is -8.61. The molecule has 2 fully saturated rings. The average Bonchev–Trinajstić information content (AvgIpc) is 1.19. The van der Waals surface area contributed by atoms with Crippen LogP contribution in [0.3, 0.4) is 0 Å². The minimum absolute atomic E-state index is 0.0410. The van der Waals surface area contributed by atoms with Gasteiger partial charge in [0.25, 0.3) is 0 Å². The number of esters is 3. The second kappa shape index (κ2) is 40.7. The van der Waals surface area contributed by atoms with Gasteiger partial charge < -0.3 is 96.6 Å². The van der Waals surface area contributed by atoms with Crippen LogP contribution in [0.4, 0.5) is 24.0 Å². The number of rotatable bonds is 38. The largest absolute Gasteiger partial charge is 0.508 e. The standard InChI is InChI=1S/C63H95N7O26/c1-14-26-83-28-30-85-32-33-86-31-29-84-27-22-48(72)70(24-19-15-17-21-49(73)93-52(46-36-87-60(79)91-46)51-38(2)42(34-44(89-51)55(74)81-12)65-39(3)67-58(77)95-62(6,7)8)25-20-16-18-23-64-57(76)94-53(47-37-88-61(80)92-47)54-50(69-41(5)71)43(35-45(90-54)56(75)82-13)66-40(4)68-59(78)96-63(9,10)11/h1,34-35,38,42-43,46-47,50-54,66H,4,15-33,36-37H2,2-3,5-13H3,(H,64,76)(H,68,78)(H,69,71)(H,65,67,77)/t38-,42+,43+,46-,47-,50-,51-,52-,53-,54-/m1/s1. The van der Waals surface area contributed by atoms with Crippen LogP contribution < -0.4 is 26.6 Å². The number of unbranched alkanes of at least 4 members (excludes halogenated alkanes) is 4. The highest BCUT2D eigenvalue weighted by atomic mass is 16.8. The van der Waals surface area contributed by atoms with Crippen molar-refractivity contribution in [3.63, 3.8) is 0 Å². The summed E-state index contributed by atoms with van der Waals surface area (Å²) in [7, 11) is 2.24. The van der Waals surface area contributed by atoms with Gasteiger partial charge in [0.05, 0.1) is 85.0 Å². The van der Waals surface area contributed by atoms with Crippen molar-refractivity contribution in [3.05, 3.63) is 36.1 Å². The van der Waals surface area contributed by atoms with Gasteiger partial charge in [-0.15, -0.1) is 6.42 Å². The zero-order chi connectivity index (χ0) is 71.0. The van der Waals surface area contributed by atoms with E-state index in [0.717, 1.165) is 14.2 Å². The van der Waals surface area contributed by atoms with E-state index < -0.39 is 139 Å². The highest BCUT2D eigenvalue weighted by Gasteiger charge is 2.51. The highest BCUT2D eigenvalue weighted by molar-refractivity contribution is 5.94. The third-order valence-electron chi connectivity index (χ3n) is 14.1. The Morgan fingerprint density at radius 1 is 0.656 bits per heavy atom. The number of terminal acetylenes is 1. The molecule has 0 radical (unpaired) electrons. The number of aliphatic imine (C=N–C) groups is 1. The number of carbonyl (C=O) groups excluding carboxylic acids is 10. The first-order valence-electron chi connectivity index (χ1n) is 31.5. The molecule has 0 saturated carbocycles. The number of nitrogens with one attached hydrogen (secondary N) is 5. The molecule has 4 rings (SSSR count). The molecular weight excluding hydrogens is 1270 g/mol. The molecule has 4 aliphatic heterocycles. The summed E-state index contributed by atoms with van der Waals surface area (Å²) >= 11 is 0. The minimum Gasteiger partial charge on any atom is -0.479 e. The first kappa shape index (κ1) is 79.8. The third kappa shape index (κ3) is 29.6. The van der Waals surface area contributed by atoms with E-state index in [1.165, 1.54) is 26.0 Å². The molecule has 0 spiro atoms. The fraction of sp³-hybridized carbons (Fsp3) is 0.698. The Morgan fingerprint density at radius 3 is 1.71 bits per heavy atom. The van der Waals surface area contributed by atoms with Gasteiger partial charge in [0.15, 0.2) is 30.5 Å². The number of alkyl carbamates (subject to hydrolysis) is 3. The lowest BCUT2D eigenvalue weighted by atomic mass is 9.87. The van der Waals surface area contributed by atoms with E-state index >= 15 is 0 Å². The number of methoxy groups -OCH3 is 2. The van der Waals surface area contributed by atoms with Crippen LogP contribution in [0, 0.1) is 18.3 Å². The van der Waals surface area contributed by atoms with Crippen LogP contribution in [0.1, 0.15) is 114 Å². The number of amides is 5. The van der Waals surface area contributed by atoms with Gasteiger partial charge in [-0.3, -0.25) is 30.0 Å². The average molecular weight is 1370 g/mol.